The third kappa shape index (κ3) is 4.78. The first kappa shape index (κ1) is 30.0. The van der Waals surface area contributed by atoms with Crippen LogP contribution in [0.15, 0.2) is 192 Å². The summed E-state index contributed by atoms with van der Waals surface area (Å²) in [6, 6.07) is 67.8. The third-order valence-electron chi connectivity index (χ3n) is 10.7. The smallest absolute Gasteiger partial charge is 0.143 e. The highest BCUT2D eigenvalue weighted by Gasteiger charge is 2.21. The highest BCUT2D eigenvalue weighted by molar-refractivity contribution is 7.27. The van der Waals surface area contributed by atoms with Crippen molar-refractivity contribution in [1.82, 2.24) is 0 Å². The van der Waals surface area contributed by atoms with Gasteiger partial charge in [0.2, 0.25) is 0 Å². The molecular formula is C50H31NOS. The summed E-state index contributed by atoms with van der Waals surface area (Å²) >= 11 is 1.89. The standard InChI is InChI=1S/C50H31NOS/c1-2-11-34(12-3-1)39-18-9-19-41-44-31-36(26-30-47(44)52-48(39)41)32-23-27-37(28-24-32)51(45-21-8-15-33-13-4-6-16-38(33)45)46-22-10-20-42-43-29-25-35-14-5-7-17-40(35)49(43)53-50(42)46/h1-31H. The van der Waals surface area contributed by atoms with Crippen LogP contribution in [0.1, 0.15) is 0 Å². The molecule has 0 spiro atoms. The number of fused-ring (bicyclic) bond motifs is 9. The molecule has 0 N–H and O–H groups in total. The van der Waals surface area contributed by atoms with Gasteiger partial charge < -0.3 is 9.32 Å². The summed E-state index contributed by atoms with van der Waals surface area (Å²) in [7, 11) is 0. The van der Waals surface area contributed by atoms with Gasteiger partial charge in [0.05, 0.1) is 16.1 Å². The van der Waals surface area contributed by atoms with Gasteiger partial charge in [-0.2, -0.15) is 0 Å². The number of benzene rings is 9. The normalized spacial score (nSPS) is 11.8. The molecule has 0 aliphatic rings. The predicted octanol–water partition coefficient (Wildman–Crippen LogP) is 15.1. The zero-order chi connectivity index (χ0) is 34.9. The minimum atomic E-state index is 0.898. The molecule has 0 unspecified atom stereocenters. The van der Waals surface area contributed by atoms with E-state index < -0.39 is 0 Å². The van der Waals surface area contributed by atoms with Gasteiger partial charge in [0.1, 0.15) is 11.2 Å². The molecule has 3 heteroatoms. The van der Waals surface area contributed by atoms with Crippen LogP contribution >= 0.6 is 11.3 Å². The Kier molecular flexibility index (Phi) is 6.76. The minimum Gasteiger partial charge on any atom is -0.455 e. The first-order valence-corrected chi connectivity index (χ1v) is 18.8. The van der Waals surface area contributed by atoms with Crippen molar-refractivity contribution in [3.05, 3.63) is 188 Å². The lowest BCUT2D eigenvalue weighted by Crippen LogP contribution is -2.10. The number of hydrogen-bond donors (Lipinski definition) is 0. The zero-order valence-electron chi connectivity index (χ0n) is 28.7. The van der Waals surface area contributed by atoms with E-state index in [1.807, 2.05) is 17.4 Å². The summed E-state index contributed by atoms with van der Waals surface area (Å²) in [6.45, 7) is 0. The van der Waals surface area contributed by atoms with Gasteiger partial charge in [-0.25, -0.2) is 0 Å². The molecule has 2 aromatic heterocycles. The quantitative estimate of drug-likeness (QED) is 0.178. The Bertz CT molecular complexity index is 3170. The van der Waals surface area contributed by atoms with E-state index >= 15 is 0 Å². The summed E-state index contributed by atoms with van der Waals surface area (Å²) in [4.78, 5) is 2.45. The largest absolute Gasteiger partial charge is 0.455 e. The molecule has 2 heterocycles. The number of furan rings is 1. The summed E-state index contributed by atoms with van der Waals surface area (Å²) in [5.74, 6) is 0. The van der Waals surface area contributed by atoms with E-state index in [-0.39, 0.29) is 0 Å². The van der Waals surface area contributed by atoms with Crippen molar-refractivity contribution < 1.29 is 4.42 Å². The fraction of sp³-hybridized carbons (Fsp3) is 0. The van der Waals surface area contributed by atoms with Gasteiger partial charge in [0.25, 0.3) is 0 Å². The van der Waals surface area contributed by atoms with Crippen molar-refractivity contribution in [2.75, 3.05) is 4.90 Å². The molecule has 9 aromatic carbocycles. The molecule has 53 heavy (non-hydrogen) atoms. The molecule has 0 radical (unpaired) electrons. The van der Waals surface area contributed by atoms with Gasteiger partial charge in [-0.1, -0.05) is 152 Å². The molecule has 11 rings (SSSR count). The van der Waals surface area contributed by atoms with Crippen LogP contribution < -0.4 is 4.90 Å². The average Bonchev–Trinajstić information content (AvgIpc) is 3.81. The van der Waals surface area contributed by atoms with Crippen LogP contribution in [0, 0.1) is 0 Å². The molecule has 0 fully saturated rings. The molecule has 248 valence electrons. The Morgan fingerprint density at radius 1 is 0.377 bits per heavy atom. The van der Waals surface area contributed by atoms with Crippen molar-refractivity contribution in [3.63, 3.8) is 0 Å². The van der Waals surface area contributed by atoms with E-state index in [1.54, 1.807) is 0 Å². The van der Waals surface area contributed by atoms with Gasteiger partial charge in [0, 0.05) is 42.9 Å². The predicted molar refractivity (Wildman–Crippen MR) is 227 cm³/mol. The van der Waals surface area contributed by atoms with Crippen LogP contribution in [0.2, 0.25) is 0 Å². The summed E-state index contributed by atoms with van der Waals surface area (Å²) in [5, 5.41) is 9.85. The van der Waals surface area contributed by atoms with E-state index in [0.717, 1.165) is 55.6 Å². The van der Waals surface area contributed by atoms with Crippen LogP contribution in [0.5, 0.6) is 0 Å². The maximum absolute atomic E-state index is 6.49. The Labute approximate surface area is 310 Å². The van der Waals surface area contributed by atoms with Crippen molar-refractivity contribution in [2.24, 2.45) is 0 Å². The first-order valence-electron chi connectivity index (χ1n) is 18.0. The maximum Gasteiger partial charge on any atom is 0.143 e. The summed E-state index contributed by atoms with van der Waals surface area (Å²) in [6.07, 6.45) is 0. The van der Waals surface area contributed by atoms with Crippen LogP contribution in [-0.4, -0.2) is 0 Å². The molecule has 11 aromatic rings. The van der Waals surface area contributed by atoms with Crippen molar-refractivity contribution in [2.45, 2.75) is 0 Å². The number of thiophene rings is 1. The van der Waals surface area contributed by atoms with Gasteiger partial charge >= 0.3 is 0 Å². The van der Waals surface area contributed by atoms with Crippen LogP contribution in [0.4, 0.5) is 17.1 Å². The zero-order valence-corrected chi connectivity index (χ0v) is 29.5. The van der Waals surface area contributed by atoms with Gasteiger partial charge in [-0.3, -0.25) is 0 Å². The molecule has 0 amide bonds. The number of nitrogens with zero attached hydrogens (tertiary/aromatic N) is 1. The van der Waals surface area contributed by atoms with E-state index in [4.69, 9.17) is 4.42 Å². The molecular weight excluding hydrogens is 663 g/mol. The lowest BCUT2D eigenvalue weighted by atomic mass is 10.00. The van der Waals surface area contributed by atoms with E-state index in [0.29, 0.717) is 0 Å². The fourth-order valence-corrected chi connectivity index (χ4v) is 9.46. The Morgan fingerprint density at radius 3 is 1.89 bits per heavy atom. The molecule has 0 atom stereocenters. The third-order valence-corrected chi connectivity index (χ3v) is 11.9. The summed E-state index contributed by atoms with van der Waals surface area (Å²) in [5.41, 5.74) is 9.86. The molecule has 0 bridgehead atoms. The Morgan fingerprint density at radius 2 is 1.02 bits per heavy atom. The molecule has 0 saturated carbocycles. The van der Waals surface area contributed by atoms with Crippen molar-refractivity contribution >= 4 is 92.1 Å². The van der Waals surface area contributed by atoms with E-state index in [2.05, 4.69) is 187 Å². The Hall–Kier alpha value is -6.68. The number of rotatable bonds is 5. The van der Waals surface area contributed by atoms with Crippen LogP contribution in [0.3, 0.4) is 0 Å². The van der Waals surface area contributed by atoms with Crippen molar-refractivity contribution in [1.29, 1.82) is 0 Å². The maximum atomic E-state index is 6.49. The second-order valence-electron chi connectivity index (χ2n) is 13.7. The summed E-state index contributed by atoms with van der Waals surface area (Å²) < 4.78 is 9.10. The van der Waals surface area contributed by atoms with Gasteiger partial charge in [-0.15, -0.1) is 11.3 Å². The first-order chi connectivity index (χ1) is 26.3. The van der Waals surface area contributed by atoms with Gasteiger partial charge in [0.15, 0.2) is 0 Å². The highest BCUT2D eigenvalue weighted by Crippen LogP contribution is 2.48. The van der Waals surface area contributed by atoms with E-state index in [9.17, 15) is 0 Å². The fourth-order valence-electron chi connectivity index (χ4n) is 8.12. The Balaban J connectivity index is 1.07. The van der Waals surface area contributed by atoms with Crippen LogP contribution in [0.25, 0.3) is 85.9 Å². The lowest BCUT2D eigenvalue weighted by molar-refractivity contribution is 0.670. The SMILES string of the molecule is c1ccc(-c2cccc3c2oc2ccc(-c4ccc(N(c5cccc6ccccc56)c5cccc6c5sc5c7ccccc7ccc65)cc4)cc23)cc1. The van der Waals surface area contributed by atoms with Gasteiger partial charge in [-0.05, 0) is 69.2 Å². The average molecular weight is 694 g/mol. The second-order valence-corrected chi connectivity index (χ2v) is 14.7. The molecule has 0 aliphatic carbocycles. The van der Waals surface area contributed by atoms with E-state index in [1.165, 1.54) is 47.4 Å². The second kappa shape index (κ2) is 11.9. The monoisotopic (exact) mass is 693 g/mol. The molecule has 0 saturated heterocycles. The number of hydrogen-bond acceptors (Lipinski definition) is 3. The lowest BCUT2D eigenvalue weighted by Gasteiger charge is -2.27. The number of para-hydroxylation sites is 1. The van der Waals surface area contributed by atoms with Crippen LogP contribution in [-0.2, 0) is 0 Å². The van der Waals surface area contributed by atoms with Crippen molar-refractivity contribution in [3.8, 4) is 22.3 Å². The number of anilines is 3. The molecule has 2 nitrogen and oxygen atoms in total. The minimum absolute atomic E-state index is 0.898. The molecule has 0 aliphatic heterocycles. The topological polar surface area (TPSA) is 16.4 Å². The highest BCUT2D eigenvalue weighted by atomic mass is 32.1.